The van der Waals surface area contributed by atoms with Gasteiger partial charge in [0.25, 0.3) is 5.91 Å². The van der Waals surface area contributed by atoms with Crippen molar-refractivity contribution >= 4 is 15.7 Å². The zero-order valence-corrected chi connectivity index (χ0v) is 12.5. The van der Waals surface area contributed by atoms with Crippen molar-refractivity contribution in [3.63, 3.8) is 0 Å². The van der Waals surface area contributed by atoms with Crippen LogP contribution in [0.5, 0.6) is 0 Å². The van der Waals surface area contributed by atoms with Gasteiger partial charge in [-0.05, 0) is 26.0 Å². The first-order valence-corrected chi connectivity index (χ1v) is 8.29. The highest BCUT2D eigenvalue weighted by Crippen LogP contribution is 2.20. The van der Waals surface area contributed by atoms with Gasteiger partial charge in [0, 0.05) is 25.6 Å². The van der Waals surface area contributed by atoms with E-state index < -0.39 is 15.1 Å². The number of hydrogen-bond acceptors (Lipinski definition) is 4. The Kier molecular flexibility index (Phi) is 4.45. The van der Waals surface area contributed by atoms with Gasteiger partial charge in [-0.3, -0.25) is 4.79 Å². The summed E-state index contributed by atoms with van der Waals surface area (Å²) in [6, 6.07) is 6.37. The summed E-state index contributed by atoms with van der Waals surface area (Å²) in [6.07, 6.45) is 0. The molecule has 5 nitrogen and oxygen atoms in total. The van der Waals surface area contributed by atoms with Crippen LogP contribution in [0.15, 0.2) is 29.2 Å². The highest BCUT2D eigenvalue weighted by Gasteiger charge is 2.25. The second-order valence-electron chi connectivity index (χ2n) is 5.32. The molecule has 1 aliphatic rings. The number of nitrogens with one attached hydrogen (secondary N) is 2. The van der Waals surface area contributed by atoms with Crippen LogP contribution in [0.25, 0.3) is 0 Å². The number of sulfone groups is 1. The fourth-order valence-corrected chi connectivity index (χ4v) is 3.22. The highest BCUT2D eigenvalue weighted by molar-refractivity contribution is 7.92. The number of amides is 1. The Morgan fingerprint density at radius 2 is 2.00 bits per heavy atom. The van der Waals surface area contributed by atoms with Crippen molar-refractivity contribution in [1.29, 1.82) is 0 Å². The van der Waals surface area contributed by atoms with Crippen molar-refractivity contribution in [2.24, 2.45) is 5.92 Å². The molecule has 1 aromatic rings. The van der Waals surface area contributed by atoms with Crippen LogP contribution in [-0.4, -0.2) is 39.2 Å². The molecule has 0 aromatic heterocycles. The van der Waals surface area contributed by atoms with Gasteiger partial charge in [0.2, 0.25) is 0 Å². The smallest absolute Gasteiger partial charge is 0.252 e. The minimum absolute atomic E-state index is 0.110. The topological polar surface area (TPSA) is 75.3 Å². The Morgan fingerprint density at radius 3 is 2.55 bits per heavy atom. The minimum Gasteiger partial charge on any atom is -0.352 e. The van der Waals surface area contributed by atoms with Crippen molar-refractivity contribution < 1.29 is 13.2 Å². The van der Waals surface area contributed by atoms with E-state index in [9.17, 15) is 13.2 Å². The summed E-state index contributed by atoms with van der Waals surface area (Å²) in [5, 5.41) is 5.39. The van der Waals surface area contributed by atoms with Gasteiger partial charge in [-0.2, -0.15) is 0 Å². The molecule has 0 spiro atoms. The second kappa shape index (κ2) is 5.93. The number of benzene rings is 1. The number of rotatable bonds is 5. The molecular formula is C14H20N2O3S. The van der Waals surface area contributed by atoms with Crippen LogP contribution in [-0.2, 0) is 9.84 Å². The Hall–Kier alpha value is -1.40. The molecule has 20 heavy (non-hydrogen) atoms. The average molecular weight is 296 g/mol. The Morgan fingerprint density at radius 1 is 1.35 bits per heavy atom. The monoisotopic (exact) mass is 296 g/mol. The zero-order chi connectivity index (χ0) is 14.8. The SMILES string of the molecule is CC(C)S(=O)(=O)c1ccccc1C(=O)NCC1CNC1. The maximum absolute atomic E-state index is 12.3. The van der Waals surface area contributed by atoms with Gasteiger partial charge in [-0.25, -0.2) is 8.42 Å². The first-order chi connectivity index (χ1) is 9.43. The Bertz CT molecular complexity index is 592. The third-order valence-corrected chi connectivity index (χ3v) is 5.69. The summed E-state index contributed by atoms with van der Waals surface area (Å²) in [5.41, 5.74) is 0.230. The summed E-state index contributed by atoms with van der Waals surface area (Å²) in [4.78, 5) is 12.3. The molecule has 0 atom stereocenters. The van der Waals surface area contributed by atoms with E-state index in [-0.39, 0.29) is 16.4 Å². The average Bonchev–Trinajstić information content (AvgIpc) is 2.36. The molecule has 0 bridgehead atoms. The van der Waals surface area contributed by atoms with E-state index in [0.29, 0.717) is 12.5 Å². The number of carbonyl (C=O) groups excluding carboxylic acids is 1. The fourth-order valence-electron chi connectivity index (χ4n) is 1.98. The fraction of sp³-hybridized carbons (Fsp3) is 0.500. The van der Waals surface area contributed by atoms with Crippen molar-refractivity contribution in [3.05, 3.63) is 29.8 Å². The zero-order valence-electron chi connectivity index (χ0n) is 11.7. The van der Waals surface area contributed by atoms with Crippen molar-refractivity contribution in [1.82, 2.24) is 10.6 Å². The van der Waals surface area contributed by atoms with Crippen LogP contribution in [0.4, 0.5) is 0 Å². The van der Waals surface area contributed by atoms with Gasteiger partial charge in [0.05, 0.1) is 15.7 Å². The van der Waals surface area contributed by atoms with E-state index in [1.54, 1.807) is 32.0 Å². The lowest BCUT2D eigenvalue weighted by atomic mass is 10.0. The largest absolute Gasteiger partial charge is 0.352 e. The molecule has 110 valence electrons. The molecule has 1 amide bonds. The lowest BCUT2D eigenvalue weighted by Crippen LogP contribution is -2.48. The van der Waals surface area contributed by atoms with E-state index in [2.05, 4.69) is 10.6 Å². The number of carbonyl (C=O) groups is 1. The summed E-state index contributed by atoms with van der Waals surface area (Å²) < 4.78 is 24.5. The van der Waals surface area contributed by atoms with Crippen LogP contribution in [0.3, 0.4) is 0 Å². The van der Waals surface area contributed by atoms with Gasteiger partial charge in [0.1, 0.15) is 0 Å². The normalized spacial score (nSPS) is 15.9. The lowest BCUT2D eigenvalue weighted by Gasteiger charge is -2.27. The highest BCUT2D eigenvalue weighted by atomic mass is 32.2. The van der Waals surface area contributed by atoms with E-state index in [4.69, 9.17) is 0 Å². The maximum atomic E-state index is 12.3. The maximum Gasteiger partial charge on any atom is 0.252 e. The lowest BCUT2D eigenvalue weighted by molar-refractivity contribution is 0.0939. The van der Waals surface area contributed by atoms with Crippen LogP contribution in [0.2, 0.25) is 0 Å². The molecule has 2 rings (SSSR count). The van der Waals surface area contributed by atoms with Gasteiger partial charge in [-0.15, -0.1) is 0 Å². The van der Waals surface area contributed by atoms with Crippen LogP contribution in [0, 0.1) is 5.92 Å². The molecule has 1 fully saturated rings. The summed E-state index contributed by atoms with van der Waals surface area (Å²) in [5.74, 6) is 0.115. The van der Waals surface area contributed by atoms with E-state index in [0.717, 1.165) is 13.1 Å². The Balaban J connectivity index is 2.20. The van der Waals surface area contributed by atoms with Gasteiger partial charge in [-0.1, -0.05) is 12.1 Å². The van der Waals surface area contributed by atoms with Crippen LogP contribution in [0.1, 0.15) is 24.2 Å². The van der Waals surface area contributed by atoms with Crippen molar-refractivity contribution in [2.45, 2.75) is 24.0 Å². The van der Waals surface area contributed by atoms with E-state index in [1.807, 2.05) is 0 Å². The molecule has 0 radical (unpaired) electrons. The predicted molar refractivity (Wildman–Crippen MR) is 77.5 cm³/mol. The molecule has 1 aliphatic heterocycles. The van der Waals surface area contributed by atoms with Gasteiger partial charge in [0.15, 0.2) is 9.84 Å². The first-order valence-electron chi connectivity index (χ1n) is 6.74. The minimum atomic E-state index is -3.46. The Labute approximate surface area is 119 Å². The molecule has 0 unspecified atom stereocenters. The molecule has 0 saturated carbocycles. The third kappa shape index (κ3) is 3.02. The standard InChI is InChI=1S/C14H20N2O3S/c1-10(2)20(18,19)13-6-4-3-5-12(13)14(17)16-9-11-7-15-8-11/h3-6,10-11,15H,7-9H2,1-2H3,(H,16,17). The van der Waals surface area contributed by atoms with Crippen molar-refractivity contribution in [2.75, 3.05) is 19.6 Å². The third-order valence-electron chi connectivity index (χ3n) is 3.48. The summed E-state index contributed by atoms with van der Waals surface area (Å²) >= 11 is 0. The van der Waals surface area contributed by atoms with Crippen LogP contribution < -0.4 is 10.6 Å². The van der Waals surface area contributed by atoms with Crippen LogP contribution >= 0.6 is 0 Å². The quantitative estimate of drug-likeness (QED) is 0.843. The molecule has 1 heterocycles. The molecular weight excluding hydrogens is 276 g/mol. The predicted octanol–water partition coefficient (Wildman–Crippen LogP) is 0.818. The molecule has 0 aliphatic carbocycles. The molecule has 1 saturated heterocycles. The van der Waals surface area contributed by atoms with Gasteiger partial charge < -0.3 is 10.6 Å². The van der Waals surface area contributed by atoms with Crippen molar-refractivity contribution in [3.8, 4) is 0 Å². The summed E-state index contributed by atoms with van der Waals surface area (Å²) in [6.45, 7) is 5.59. The number of hydrogen-bond donors (Lipinski definition) is 2. The first kappa shape index (κ1) is 15.0. The summed E-state index contributed by atoms with van der Waals surface area (Å²) in [7, 11) is -3.46. The molecule has 6 heteroatoms. The van der Waals surface area contributed by atoms with Gasteiger partial charge >= 0.3 is 0 Å². The molecule has 2 N–H and O–H groups in total. The van der Waals surface area contributed by atoms with E-state index >= 15 is 0 Å². The van der Waals surface area contributed by atoms with E-state index in [1.165, 1.54) is 6.07 Å². The molecule has 1 aromatic carbocycles. The second-order valence-corrected chi connectivity index (χ2v) is 7.80.